The lowest BCUT2D eigenvalue weighted by molar-refractivity contribution is 0.139. The Bertz CT molecular complexity index is 363. The van der Waals surface area contributed by atoms with E-state index in [1.807, 2.05) is 0 Å². The molecule has 18 heavy (non-hydrogen) atoms. The maximum atomic E-state index is 5.13. The maximum Gasteiger partial charge on any atom is 0.0713 e. The average molecular weight is 248 g/mol. The SMILES string of the molecule is COCc1ccc(CN2CC(C)NCC2C)cc1. The Labute approximate surface area is 110 Å². The van der Waals surface area contributed by atoms with Crippen molar-refractivity contribution in [3.05, 3.63) is 35.4 Å². The molecule has 2 unspecified atom stereocenters. The molecule has 1 aliphatic heterocycles. The summed E-state index contributed by atoms with van der Waals surface area (Å²) in [7, 11) is 1.73. The fourth-order valence-electron chi connectivity index (χ4n) is 2.46. The third-order valence-corrected chi connectivity index (χ3v) is 3.61. The lowest BCUT2D eigenvalue weighted by atomic mass is 10.1. The topological polar surface area (TPSA) is 24.5 Å². The summed E-state index contributed by atoms with van der Waals surface area (Å²) in [6, 6.07) is 9.96. The lowest BCUT2D eigenvalue weighted by Gasteiger charge is -2.37. The number of nitrogens with zero attached hydrogens (tertiary/aromatic N) is 1. The highest BCUT2D eigenvalue weighted by atomic mass is 16.5. The summed E-state index contributed by atoms with van der Waals surface area (Å²) in [6.07, 6.45) is 0. The van der Waals surface area contributed by atoms with Gasteiger partial charge in [-0.1, -0.05) is 24.3 Å². The molecule has 3 nitrogen and oxygen atoms in total. The summed E-state index contributed by atoms with van der Waals surface area (Å²) >= 11 is 0. The molecular weight excluding hydrogens is 224 g/mol. The van der Waals surface area contributed by atoms with Crippen LogP contribution < -0.4 is 5.32 Å². The van der Waals surface area contributed by atoms with Gasteiger partial charge >= 0.3 is 0 Å². The Morgan fingerprint density at radius 1 is 1.22 bits per heavy atom. The highest BCUT2D eigenvalue weighted by Crippen LogP contribution is 2.13. The zero-order valence-electron chi connectivity index (χ0n) is 11.6. The molecule has 0 aromatic heterocycles. The molecule has 2 atom stereocenters. The third-order valence-electron chi connectivity index (χ3n) is 3.61. The van der Waals surface area contributed by atoms with Gasteiger partial charge < -0.3 is 10.1 Å². The molecule has 1 aliphatic rings. The molecule has 0 saturated carbocycles. The fraction of sp³-hybridized carbons (Fsp3) is 0.600. The van der Waals surface area contributed by atoms with Crippen LogP contribution in [0.3, 0.4) is 0 Å². The van der Waals surface area contributed by atoms with E-state index in [0.29, 0.717) is 18.7 Å². The number of piperazine rings is 1. The minimum atomic E-state index is 0.592. The first-order chi connectivity index (χ1) is 8.69. The molecule has 3 heteroatoms. The monoisotopic (exact) mass is 248 g/mol. The number of nitrogens with one attached hydrogen (secondary N) is 1. The summed E-state index contributed by atoms with van der Waals surface area (Å²) in [5, 5.41) is 3.52. The second-order valence-corrected chi connectivity index (χ2v) is 5.34. The predicted molar refractivity (Wildman–Crippen MR) is 74.5 cm³/mol. The highest BCUT2D eigenvalue weighted by molar-refractivity contribution is 5.22. The predicted octanol–water partition coefficient (Wildman–Crippen LogP) is 2.02. The van der Waals surface area contributed by atoms with Gasteiger partial charge in [-0.15, -0.1) is 0 Å². The van der Waals surface area contributed by atoms with Crippen LogP contribution in [-0.4, -0.2) is 37.2 Å². The van der Waals surface area contributed by atoms with E-state index in [2.05, 4.69) is 48.3 Å². The van der Waals surface area contributed by atoms with E-state index in [4.69, 9.17) is 4.74 Å². The standard InChI is InChI=1S/C15H24N2O/c1-12-9-17(13(2)8-16-12)10-14-4-6-15(7-5-14)11-18-3/h4-7,12-13,16H,8-11H2,1-3H3. The minimum absolute atomic E-state index is 0.592. The molecule has 2 rings (SSSR count). The van der Waals surface area contributed by atoms with Gasteiger partial charge in [-0.3, -0.25) is 4.90 Å². The second kappa shape index (κ2) is 6.32. The van der Waals surface area contributed by atoms with E-state index in [1.54, 1.807) is 7.11 Å². The molecule has 100 valence electrons. The van der Waals surface area contributed by atoms with E-state index in [-0.39, 0.29) is 0 Å². The Morgan fingerprint density at radius 2 is 1.89 bits per heavy atom. The zero-order chi connectivity index (χ0) is 13.0. The Morgan fingerprint density at radius 3 is 2.56 bits per heavy atom. The number of hydrogen-bond donors (Lipinski definition) is 1. The van der Waals surface area contributed by atoms with Gasteiger partial charge in [0.25, 0.3) is 0 Å². The molecule has 1 N–H and O–H groups in total. The summed E-state index contributed by atoms with van der Waals surface area (Å²) in [6.45, 7) is 8.49. The van der Waals surface area contributed by atoms with Crippen molar-refractivity contribution < 1.29 is 4.74 Å². The van der Waals surface area contributed by atoms with Gasteiger partial charge in [-0.25, -0.2) is 0 Å². The van der Waals surface area contributed by atoms with Gasteiger partial charge in [0.15, 0.2) is 0 Å². The van der Waals surface area contributed by atoms with Crippen LogP contribution in [0.1, 0.15) is 25.0 Å². The molecule has 0 amide bonds. The van der Waals surface area contributed by atoms with Crippen LogP contribution in [0.15, 0.2) is 24.3 Å². The number of benzene rings is 1. The number of methoxy groups -OCH3 is 1. The van der Waals surface area contributed by atoms with Crippen LogP contribution in [-0.2, 0) is 17.9 Å². The average Bonchev–Trinajstić information content (AvgIpc) is 2.37. The molecule has 1 fully saturated rings. The molecule has 0 spiro atoms. The number of hydrogen-bond acceptors (Lipinski definition) is 3. The molecule has 0 aliphatic carbocycles. The van der Waals surface area contributed by atoms with E-state index < -0.39 is 0 Å². The normalized spacial score (nSPS) is 25.3. The summed E-state index contributed by atoms with van der Waals surface area (Å²) in [5.74, 6) is 0. The van der Waals surface area contributed by atoms with Gasteiger partial charge in [0.1, 0.15) is 0 Å². The first-order valence-corrected chi connectivity index (χ1v) is 6.73. The smallest absolute Gasteiger partial charge is 0.0713 e. The van der Waals surface area contributed by atoms with Crippen molar-refractivity contribution in [2.24, 2.45) is 0 Å². The molecule has 1 saturated heterocycles. The van der Waals surface area contributed by atoms with Gasteiger partial charge in [0.2, 0.25) is 0 Å². The molecule has 0 radical (unpaired) electrons. The van der Waals surface area contributed by atoms with Crippen LogP contribution in [0, 0.1) is 0 Å². The third kappa shape index (κ3) is 3.55. The van der Waals surface area contributed by atoms with Crippen LogP contribution >= 0.6 is 0 Å². The van der Waals surface area contributed by atoms with Crippen LogP contribution in [0.4, 0.5) is 0 Å². The lowest BCUT2D eigenvalue weighted by Crippen LogP contribution is -2.53. The van der Waals surface area contributed by atoms with E-state index in [0.717, 1.165) is 19.6 Å². The Kier molecular flexibility index (Phi) is 4.75. The molecular formula is C15H24N2O. The van der Waals surface area contributed by atoms with Gasteiger partial charge in [-0.05, 0) is 25.0 Å². The highest BCUT2D eigenvalue weighted by Gasteiger charge is 2.21. The van der Waals surface area contributed by atoms with Crippen molar-refractivity contribution in [1.82, 2.24) is 10.2 Å². The molecule has 1 aromatic carbocycles. The van der Waals surface area contributed by atoms with Gasteiger partial charge in [-0.2, -0.15) is 0 Å². The number of rotatable bonds is 4. The summed E-state index contributed by atoms with van der Waals surface area (Å²) < 4.78 is 5.13. The van der Waals surface area contributed by atoms with Crippen molar-refractivity contribution in [2.45, 2.75) is 39.1 Å². The number of ether oxygens (including phenoxy) is 1. The Balaban J connectivity index is 1.95. The minimum Gasteiger partial charge on any atom is -0.380 e. The van der Waals surface area contributed by atoms with E-state index in [1.165, 1.54) is 11.1 Å². The fourth-order valence-corrected chi connectivity index (χ4v) is 2.46. The van der Waals surface area contributed by atoms with Crippen molar-refractivity contribution >= 4 is 0 Å². The van der Waals surface area contributed by atoms with Crippen LogP contribution in [0.2, 0.25) is 0 Å². The first kappa shape index (κ1) is 13.5. The van der Waals surface area contributed by atoms with Crippen LogP contribution in [0.25, 0.3) is 0 Å². The Hall–Kier alpha value is -0.900. The molecule has 1 heterocycles. The van der Waals surface area contributed by atoms with Crippen molar-refractivity contribution in [3.63, 3.8) is 0 Å². The van der Waals surface area contributed by atoms with Crippen molar-refractivity contribution in [1.29, 1.82) is 0 Å². The van der Waals surface area contributed by atoms with Crippen molar-refractivity contribution in [2.75, 3.05) is 20.2 Å². The molecule has 0 bridgehead atoms. The van der Waals surface area contributed by atoms with Gasteiger partial charge in [0.05, 0.1) is 6.61 Å². The first-order valence-electron chi connectivity index (χ1n) is 6.73. The quantitative estimate of drug-likeness (QED) is 0.882. The summed E-state index contributed by atoms with van der Waals surface area (Å²) in [4.78, 5) is 2.55. The zero-order valence-corrected chi connectivity index (χ0v) is 11.6. The maximum absolute atomic E-state index is 5.13. The molecule has 1 aromatic rings. The summed E-state index contributed by atoms with van der Waals surface area (Å²) in [5.41, 5.74) is 2.62. The van der Waals surface area contributed by atoms with E-state index in [9.17, 15) is 0 Å². The second-order valence-electron chi connectivity index (χ2n) is 5.34. The van der Waals surface area contributed by atoms with Gasteiger partial charge in [0, 0.05) is 38.8 Å². The van der Waals surface area contributed by atoms with Crippen molar-refractivity contribution in [3.8, 4) is 0 Å². The van der Waals surface area contributed by atoms with E-state index >= 15 is 0 Å². The largest absolute Gasteiger partial charge is 0.380 e. The van der Waals surface area contributed by atoms with Crippen LogP contribution in [0.5, 0.6) is 0 Å².